The molecule has 3 aromatic rings. The standard InChI is InChI=1S/C23H19N3OS/c27-22-21(19-14-8-3-9-15-19)28-23(24-22)26-25-20(18-12-6-2-7-13-18)16-17-10-4-1-5-11-17/h1-15,21H,16H2,(H,24,26,27)/b25-20-. The molecule has 1 unspecified atom stereocenters. The molecule has 1 fully saturated rings. The molecule has 1 saturated heterocycles. The molecule has 1 aliphatic heterocycles. The highest BCUT2D eigenvalue weighted by atomic mass is 32.2. The molecule has 0 bridgehead atoms. The predicted octanol–water partition coefficient (Wildman–Crippen LogP) is 4.59. The van der Waals surface area contributed by atoms with Crippen molar-refractivity contribution in [2.45, 2.75) is 11.7 Å². The van der Waals surface area contributed by atoms with Crippen LogP contribution in [0.25, 0.3) is 0 Å². The molecule has 28 heavy (non-hydrogen) atoms. The number of nitrogens with one attached hydrogen (secondary N) is 1. The first-order valence-corrected chi connectivity index (χ1v) is 9.94. The van der Waals surface area contributed by atoms with Gasteiger partial charge in [-0.3, -0.25) is 4.79 Å². The van der Waals surface area contributed by atoms with Crippen molar-refractivity contribution in [1.82, 2.24) is 5.32 Å². The number of rotatable bonds is 5. The Morgan fingerprint density at radius 2 is 1.46 bits per heavy atom. The van der Waals surface area contributed by atoms with E-state index in [9.17, 15) is 4.79 Å². The molecule has 1 aliphatic rings. The van der Waals surface area contributed by atoms with Crippen molar-refractivity contribution in [1.29, 1.82) is 0 Å². The lowest BCUT2D eigenvalue weighted by molar-refractivity contribution is -0.118. The number of amides is 1. The summed E-state index contributed by atoms with van der Waals surface area (Å²) in [7, 11) is 0. The Labute approximate surface area is 168 Å². The summed E-state index contributed by atoms with van der Waals surface area (Å²) < 4.78 is 0. The van der Waals surface area contributed by atoms with Gasteiger partial charge in [-0.15, -0.1) is 5.10 Å². The maximum atomic E-state index is 12.3. The van der Waals surface area contributed by atoms with Gasteiger partial charge in [-0.25, -0.2) is 0 Å². The average Bonchev–Trinajstić information content (AvgIpc) is 3.13. The average molecular weight is 385 g/mol. The number of amidine groups is 1. The SMILES string of the molecule is O=C1N/C(=N\N=C(\Cc2ccccc2)c2ccccc2)SC1c1ccccc1. The minimum atomic E-state index is -0.288. The highest BCUT2D eigenvalue weighted by Crippen LogP contribution is 2.34. The Kier molecular flexibility index (Phi) is 5.64. The second-order valence-electron chi connectivity index (χ2n) is 6.38. The molecule has 0 radical (unpaired) electrons. The molecule has 1 atom stereocenters. The van der Waals surface area contributed by atoms with Crippen LogP contribution in [0.4, 0.5) is 0 Å². The Morgan fingerprint density at radius 3 is 2.14 bits per heavy atom. The van der Waals surface area contributed by atoms with Crippen LogP contribution in [0.5, 0.6) is 0 Å². The Balaban J connectivity index is 1.59. The number of nitrogens with zero attached hydrogens (tertiary/aromatic N) is 2. The van der Waals surface area contributed by atoms with Crippen LogP contribution in [0.15, 0.2) is 101 Å². The second kappa shape index (κ2) is 8.67. The van der Waals surface area contributed by atoms with Gasteiger partial charge in [0.15, 0.2) is 5.17 Å². The van der Waals surface area contributed by atoms with Gasteiger partial charge in [-0.1, -0.05) is 103 Å². The Hall–Kier alpha value is -3.18. The van der Waals surface area contributed by atoms with Crippen LogP contribution in [0, 0.1) is 0 Å². The topological polar surface area (TPSA) is 53.8 Å². The molecule has 1 heterocycles. The van der Waals surface area contributed by atoms with Gasteiger partial charge in [0.25, 0.3) is 0 Å². The van der Waals surface area contributed by atoms with E-state index in [0.29, 0.717) is 11.6 Å². The third-order valence-electron chi connectivity index (χ3n) is 4.38. The summed E-state index contributed by atoms with van der Waals surface area (Å²) in [5, 5.41) is 11.9. The molecule has 4 nitrogen and oxygen atoms in total. The van der Waals surface area contributed by atoms with Gasteiger partial charge < -0.3 is 5.32 Å². The summed E-state index contributed by atoms with van der Waals surface area (Å²) in [4.78, 5) is 12.3. The molecule has 1 amide bonds. The zero-order valence-corrected chi connectivity index (χ0v) is 16.0. The van der Waals surface area contributed by atoms with E-state index in [4.69, 9.17) is 0 Å². The molecule has 0 spiro atoms. The Bertz CT molecular complexity index is 1000. The summed E-state index contributed by atoms with van der Waals surface area (Å²) in [6.45, 7) is 0. The lowest BCUT2D eigenvalue weighted by Gasteiger charge is -2.06. The fourth-order valence-corrected chi connectivity index (χ4v) is 3.91. The van der Waals surface area contributed by atoms with E-state index in [1.165, 1.54) is 11.8 Å². The lowest BCUT2D eigenvalue weighted by Crippen LogP contribution is -2.21. The highest BCUT2D eigenvalue weighted by molar-refractivity contribution is 8.15. The number of carbonyl (C=O) groups excluding carboxylic acids is 1. The maximum Gasteiger partial charge on any atom is 0.244 e. The van der Waals surface area contributed by atoms with Crippen LogP contribution in [-0.4, -0.2) is 16.8 Å². The first-order chi connectivity index (χ1) is 13.8. The molecular formula is C23H19N3OS. The van der Waals surface area contributed by atoms with Crippen LogP contribution in [0.1, 0.15) is 21.9 Å². The zero-order valence-electron chi connectivity index (χ0n) is 15.2. The van der Waals surface area contributed by atoms with Crippen LogP contribution in [-0.2, 0) is 11.2 Å². The third-order valence-corrected chi connectivity index (χ3v) is 5.51. The molecule has 0 saturated carbocycles. The van der Waals surface area contributed by atoms with Gasteiger partial charge in [-0.2, -0.15) is 5.10 Å². The molecule has 3 aromatic carbocycles. The van der Waals surface area contributed by atoms with Crippen LogP contribution in [0.2, 0.25) is 0 Å². The fraction of sp³-hybridized carbons (Fsp3) is 0.0870. The van der Waals surface area contributed by atoms with Gasteiger partial charge in [0.05, 0.1) is 5.71 Å². The van der Waals surface area contributed by atoms with Crippen molar-refractivity contribution in [2.75, 3.05) is 0 Å². The van der Waals surface area contributed by atoms with Crippen LogP contribution < -0.4 is 5.32 Å². The summed E-state index contributed by atoms with van der Waals surface area (Å²) in [6.07, 6.45) is 0.669. The first-order valence-electron chi connectivity index (χ1n) is 9.06. The smallest absolute Gasteiger partial charge is 0.244 e. The maximum absolute atomic E-state index is 12.3. The Morgan fingerprint density at radius 1 is 0.857 bits per heavy atom. The molecule has 4 rings (SSSR count). The van der Waals surface area contributed by atoms with Crippen LogP contribution >= 0.6 is 11.8 Å². The largest absolute Gasteiger partial charge is 0.302 e. The molecule has 138 valence electrons. The molecular weight excluding hydrogens is 366 g/mol. The van der Waals surface area contributed by atoms with Gasteiger partial charge in [0, 0.05) is 6.42 Å². The lowest BCUT2D eigenvalue weighted by atomic mass is 10.0. The summed E-state index contributed by atoms with van der Waals surface area (Å²) in [5.41, 5.74) is 4.00. The predicted molar refractivity (Wildman–Crippen MR) is 115 cm³/mol. The van der Waals surface area contributed by atoms with E-state index in [-0.39, 0.29) is 11.2 Å². The summed E-state index contributed by atoms with van der Waals surface area (Å²) >= 11 is 1.40. The second-order valence-corrected chi connectivity index (χ2v) is 7.47. The van der Waals surface area contributed by atoms with Crippen molar-refractivity contribution >= 4 is 28.5 Å². The summed E-state index contributed by atoms with van der Waals surface area (Å²) in [6, 6.07) is 29.9. The number of carbonyl (C=O) groups is 1. The van der Waals surface area contributed by atoms with Crippen LogP contribution in [0.3, 0.4) is 0 Å². The van der Waals surface area contributed by atoms with E-state index in [1.54, 1.807) is 0 Å². The van der Waals surface area contributed by atoms with Gasteiger partial charge in [0.1, 0.15) is 5.25 Å². The van der Waals surface area contributed by atoms with Gasteiger partial charge in [-0.05, 0) is 16.7 Å². The van der Waals surface area contributed by atoms with E-state index in [0.717, 1.165) is 22.4 Å². The van der Waals surface area contributed by atoms with Crippen molar-refractivity contribution in [2.24, 2.45) is 10.2 Å². The van der Waals surface area contributed by atoms with E-state index >= 15 is 0 Å². The van der Waals surface area contributed by atoms with Crippen molar-refractivity contribution in [3.8, 4) is 0 Å². The van der Waals surface area contributed by atoms with Gasteiger partial charge in [0.2, 0.25) is 5.91 Å². The first kappa shape index (κ1) is 18.2. The number of thioether (sulfide) groups is 1. The quantitative estimate of drug-likeness (QED) is 0.516. The normalized spacial score (nSPS) is 18.3. The monoisotopic (exact) mass is 385 g/mol. The number of benzene rings is 3. The minimum Gasteiger partial charge on any atom is -0.302 e. The fourth-order valence-electron chi connectivity index (χ4n) is 2.98. The number of hydrogen-bond acceptors (Lipinski definition) is 4. The summed E-state index contributed by atoms with van der Waals surface area (Å²) in [5.74, 6) is -0.0607. The highest BCUT2D eigenvalue weighted by Gasteiger charge is 2.31. The third kappa shape index (κ3) is 4.38. The minimum absolute atomic E-state index is 0.0607. The molecule has 0 aliphatic carbocycles. The van der Waals surface area contributed by atoms with E-state index in [2.05, 4.69) is 27.7 Å². The molecule has 1 N–H and O–H groups in total. The molecule has 5 heteroatoms. The van der Waals surface area contributed by atoms with E-state index < -0.39 is 0 Å². The number of hydrogen-bond donors (Lipinski definition) is 1. The van der Waals surface area contributed by atoms with Gasteiger partial charge >= 0.3 is 0 Å². The van der Waals surface area contributed by atoms with E-state index in [1.807, 2.05) is 78.9 Å². The van der Waals surface area contributed by atoms with Crippen molar-refractivity contribution in [3.63, 3.8) is 0 Å². The zero-order chi connectivity index (χ0) is 19.2. The van der Waals surface area contributed by atoms with Crippen molar-refractivity contribution in [3.05, 3.63) is 108 Å². The van der Waals surface area contributed by atoms with Crippen molar-refractivity contribution < 1.29 is 4.79 Å². The molecule has 0 aromatic heterocycles.